The van der Waals surface area contributed by atoms with Crippen LogP contribution >= 0.6 is 15.9 Å². The molecule has 1 aromatic rings. The first kappa shape index (κ1) is 16.2. The van der Waals surface area contributed by atoms with E-state index in [9.17, 15) is 13.6 Å². The monoisotopic (exact) mass is 361 g/mol. The lowest BCUT2D eigenvalue weighted by atomic mass is 9.96. The number of rotatable bonds is 1. The van der Waals surface area contributed by atoms with Crippen LogP contribution in [0.2, 0.25) is 0 Å². The zero-order valence-corrected chi connectivity index (χ0v) is 13.8. The zero-order chi connectivity index (χ0) is 15.8. The maximum absolute atomic E-state index is 14.2. The molecular formula is C15H18BrF2NO2. The molecule has 1 heterocycles. The second kappa shape index (κ2) is 5.55. The number of carbonyl (C=O) groups excluding carboxylic acids is 1. The fourth-order valence-electron chi connectivity index (χ4n) is 2.29. The van der Waals surface area contributed by atoms with Gasteiger partial charge >= 0.3 is 6.09 Å². The first-order chi connectivity index (χ1) is 9.58. The van der Waals surface area contributed by atoms with E-state index in [1.54, 1.807) is 45.0 Å². The molecule has 2 rings (SSSR count). The average molecular weight is 362 g/mol. The van der Waals surface area contributed by atoms with Crippen molar-refractivity contribution < 1.29 is 18.3 Å². The van der Waals surface area contributed by atoms with Gasteiger partial charge in [-0.15, -0.1) is 0 Å². The highest BCUT2D eigenvalue weighted by Crippen LogP contribution is 2.40. The molecule has 3 nitrogen and oxygen atoms in total. The predicted molar refractivity (Wildman–Crippen MR) is 79.6 cm³/mol. The van der Waals surface area contributed by atoms with Crippen LogP contribution in [0.4, 0.5) is 13.6 Å². The largest absolute Gasteiger partial charge is 0.444 e. The zero-order valence-electron chi connectivity index (χ0n) is 12.2. The molecule has 0 radical (unpaired) electrons. The molecule has 0 bridgehead atoms. The smallest absolute Gasteiger partial charge is 0.410 e. The maximum Gasteiger partial charge on any atom is 0.410 e. The molecule has 1 fully saturated rings. The van der Waals surface area contributed by atoms with Crippen molar-refractivity contribution in [2.24, 2.45) is 0 Å². The van der Waals surface area contributed by atoms with Crippen LogP contribution in [-0.4, -0.2) is 35.6 Å². The third-order valence-electron chi connectivity index (χ3n) is 3.24. The molecule has 1 aromatic carbocycles. The van der Waals surface area contributed by atoms with Gasteiger partial charge in [-0.05, 0) is 38.5 Å². The quantitative estimate of drug-likeness (QED) is 0.740. The van der Waals surface area contributed by atoms with Gasteiger partial charge in [-0.2, -0.15) is 0 Å². The summed E-state index contributed by atoms with van der Waals surface area (Å²) in [5, 5.41) is 0. The van der Waals surface area contributed by atoms with Crippen LogP contribution < -0.4 is 0 Å². The van der Waals surface area contributed by atoms with Crippen molar-refractivity contribution >= 4 is 22.0 Å². The Bertz CT molecular complexity index is 525. The average Bonchev–Trinajstić information content (AvgIpc) is 2.64. The summed E-state index contributed by atoms with van der Waals surface area (Å²) in [5.41, 5.74) is -0.170. The summed E-state index contributed by atoms with van der Waals surface area (Å²) in [6.07, 6.45) is -0.693. The van der Waals surface area contributed by atoms with Crippen LogP contribution in [0.25, 0.3) is 0 Å². The van der Waals surface area contributed by atoms with Crippen LogP contribution in [0.15, 0.2) is 28.7 Å². The van der Waals surface area contributed by atoms with E-state index in [4.69, 9.17) is 4.74 Å². The third-order valence-corrected chi connectivity index (χ3v) is 3.77. The highest BCUT2D eigenvalue weighted by atomic mass is 79.9. The summed E-state index contributed by atoms with van der Waals surface area (Å²) in [7, 11) is 0. The van der Waals surface area contributed by atoms with Crippen molar-refractivity contribution in [3.63, 3.8) is 0 Å². The Morgan fingerprint density at radius 2 is 1.90 bits per heavy atom. The summed E-state index contributed by atoms with van der Waals surface area (Å²) in [5.74, 6) is -3.96. The first-order valence-corrected chi connectivity index (χ1v) is 7.49. The van der Waals surface area contributed by atoms with Gasteiger partial charge in [0.05, 0.1) is 12.5 Å². The molecule has 1 unspecified atom stereocenters. The Morgan fingerprint density at radius 1 is 1.33 bits per heavy atom. The molecule has 1 saturated heterocycles. The Labute approximate surface area is 131 Å². The molecule has 116 valence electrons. The van der Waals surface area contributed by atoms with Crippen molar-refractivity contribution in [1.82, 2.24) is 4.90 Å². The molecule has 6 heteroatoms. The third kappa shape index (κ3) is 3.93. The fourth-order valence-corrected chi connectivity index (χ4v) is 2.56. The summed E-state index contributed by atoms with van der Waals surface area (Å²) >= 11 is 3.28. The summed E-state index contributed by atoms with van der Waals surface area (Å²) in [6.45, 7) is 4.49. The lowest BCUT2D eigenvalue weighted by Gasteiger charge is -2.24. The van der Waals surface area contributed by atoms with Crippen LogP contribution in [0.3, 0.4) is 0 Å². The Kier molecular flexibility index (Phi) is 4.29. The second-order valence-corrected chi connectivity index (χ2v) is 7.14. The van der Waals surface area contributed by atoms with Crippen LogP contribution in [0.1, 0.15) is 32.3 Å². The molecule has 0 aliphatic carbocycles. The normalized spacial score (nSPS) is 21.4. The van der Waals surface area contributed by atoms with Crippen molar-refractivity contribution in [3.8, 4) is 0 Å². The van der Waals surface area contributed by atoms with Gasteiger partial charge in [0.25, 0.3) is 5.92 Å². The van der Waals surface area contributed by atoms with Crippen LogP contribution in [0, 0.1) is 0 Å². The van der Waals surface area contributed by atoms with Crippen molar-refractivity contribution in [1.29, 1.82) is 0 Å². The number of hydrogen-bond acceptors (Lipinski definition) is 2. The lowest BCUT2D eigenvalue weighted by molar-refractivity contribution is -0.0109. The lowest BCUT2D eigenvalue weighted by Crippen LogP contribution is -2.36. The second-order valence-electron chi connectivity index (χ2n) is 6.23. The number of carbonyl (C=O) groups is 1. The number of likely N-dealkylation sites (tertiary alicyclic amines) is 1. The van der Waals surface area contributed by atoms with E-state index in [0.29, 0.717) is 5.56 Å². The molecule has 0 spiro atoms. The number of benzene rings is 1. The number of halogens is 3. The van der Waals surface area contributed by atoms with Gasteiger partial charge in [0.2, 0.25) is 0 Å². The highest BCUT2D eigenvalue weighted by molar-refractivity contribution is 9.10. The molecule has 1 atom stereocenters. The predicted octanol–water partition coefficient (Wildman–Crippen LogP) is 4.42. The minimum absolute atomic E-state index is 0.0381. The van der Waals surface area contributed by atoms with Gasteiger partial charge in [-0.1, -0.05) is 28.1 Å². The number of hydrogen-bond donors (Lipinski definition) is 0. The Hall–Kier alpha value is -1.17. The SMILES string of the molecule is CC(C)(C)OC(=O)N1CC(c2ccc(Br)cc2)C(F)(F)C1. The standard InChI is InChI=1S/C15H18BrF2NO2/c1-14(2,3)21-13(20)19-8-12(15(17,18)9-19)10-4-6-11(16)7-5-10/h4-7,12H,8-9H2,1-3H3. The van der Waals surface area contributed by atoms with Gasteiger partial charge in [0.1, 0.15) is 5.60 Å². The minimum atomic E-state index is -2.95. The van der Waals surface area contributed by atoms with E-state index < -0.39 is 30.1 Å². The van der Waals surface area contributed by atoms with Gasteiger partial charge in [-0.3, -0.25) is 0 Å². The number of nitrogens with zero attached hydrogens (tertiary/aromatic N) is 1. The summed E-state index contributed by atoms with van der Waals surface area (Å²) in [6, 6.07) is 6.76. The molecule has 1 aliphatic rings. The molecule has 0 N–H and O–H groups in total. The van der Waals surface area contributed by atoms with Gasteiger partial charge in [-0.25, -0.2) is 13.6 Å². The van der Waals surface area contributed by atoms with Crippen molar-refractivity contribution in [2.45, 2.75) is 38.2 Å². The van der Waals surface area contributed by atoms with Crippen LogP contribution in [-0.2, 0) is 4.74 Å². The van der Waals surface area contributed by atoms with Gasteiger partial charge < -0.3 is 9.64 Å². The minimum Gasteiger partial charge on any atom is -0.444 e. The van der Waals surface area contributed by atoms with Crippen LogP contribution in [0.5, 0.6) is 0 Å². The molecule has 0 aromatic heterocycles. The molecule has 1 amide bonds. The number of ether oxygens (including phenoxy) is 1. The molecule has 1 aliphatic heterocycles. The molecule has 21 heavy (non-hydrogen) atoms. The van der Waals surface area contributed by atoms with E-state index in [0.717, 1.165) is 9.37 Å². The van der Waals surface area contributed by atoms with E-state index in [-0.39, 0.29) is 6.54 Å². The maximum atomic E-state index is 14.2. The van der Waals surface area contributed by atoms with E-state index >= 15 is 0 Å². The van der Waals surface area contributed by atoms with Gasteiger partial charge in [0.15, 0.2) is 0 Å². The van der Waals surface area contributed by atoms with E-state index in [1.807, 2.05) is 0 Å². The Balaban J connectivity index is 2.15. The van der Waals surface area contributed by atoms with Crippen molar-refractivity contribution in [2.75, 3.05) is 13.1 Å². The van der Waals surface area contributed by atoms with E-state index in [1.165, 1.54) is 0 Å². The van der Waals surface area contributed by atoms with Crippen molar-refractivity contribution in [3.05, 3.63) is 34.3 Å². The Morgan fingerprint density at radius 3 is 2.43 bits per heavy atom. The topological polar surface area (TPSA) is 29.5 Å². The highest BCUT2D eigenvalue weighted by Gasteiger charge is 2.50. The summed E-state index contributed by atoms with van der Waals surface area (Å²) < 4.78 is 34.3. The van der Waals surface area contributed by atoms with Gasteiger partial charge in [0, 0.05) is 11.0 Å². The summed E-state index contributed by atoms with van der Waals surface area (Å²) in [4.78, 5) is 13.0. The first-order valence-electron chi connectivity index (χ1n) is 6.70. The molecular weight excluding hydrogens is 344 g/mol. The molecule has 0 saturated carbocycles. The van der Waals surface area contributed by atoms with E-state index in [2.05, 4.69) is 15.9 Å². The number of alkyl halides is 2. The fraction of sp³-hybridized carbons (Fsp3) is 0.533. The number of amides is 1.